The van der Waals surface area contributed by atoms with Gasteiger partial charge in [0.15, 0.2) is 5.13 Å². The van der Waals surface area contributed by atoms with Crippen LogP contribution in [0, 0.1) is 29.3 Å². The third-order valence-corrected chi connectivity index (χ3v) is 9.54. The van der Waals surface area contributed by atoms with Crippen LogP contribution < -0.4 is 10.2 Å². The summed E-state index contributed by atoms with van der Waals surface area (Å²) in [4.78, 5) is 38.0. The molecule has 0 saturated carbocycles. The number of fused-ring (bicyclic) bond motifs is 1. The molecule has 3 aliphatic heterocycles. The number of hydrogen-bond donors (Lipinski definition) is 1. The van der Waals surface area contributed by atoms with Gasteiger partial charge in [-0.25, -0.2) is 4.98 Å². The second-order valence-corrected chi connectivity index (χ2v) is 12.8. The fourth-order valence-corrected chi connectivity index (χ4v) is 7.02. The average Bonchev–Trinajstić information content (AvgIpc) is 3.69. The maximum absolute atomic E-state index is 14.9. The standard InChI is InChI=1S/C31H40FN5O5S/c1-7-20-17-37(26-25(20)42-18-31(26,40-5)41-6)29(39)23(16-19(2)3)33-28(38)22-10-8-21(9-11-22)24-27(32)43-30(34-24)36-14-12-35(4)13-15-36/h1,8-11,19-20,23,25-26H,12-18H2,2-6H3,(H,33,38)/t20-,23+,25-,26+/m1/s1. The smallest absolute Gasteiger partial charge is 0.251 e. The highest BCUT2D eigenvalue weighted by molar-refractivity contribution is 7.14. The lowest BCUT2D eigenvalue weighted by Crippen LogP contribution is -2.58. The number of likely N-dealkylation sites (N-methyl/N-ethyl adjacent to an activating group) is 1. The fourth-order valence-electron chi connectivity index (χ4n) is 6.15. The minimum Gasteiger partial charge on any atom is -0.369 e. The summed E-state index contributed by atoms with van der Waals surface area (Å²) in [5.74, 6) is 0.717. The molecule has 2 amide bonds. The van der Waals surface area contributed by atoms with Gasteiger partial charge in [0, 0.05) is 58.1 Å². The molecule has 2 aromatic rings. The quantitative estimate of drug-likeness (QED) is 0.341. The van der Waals surface area contributed by atoms with Crippen molar-refractivity contribution < 1.29 is 28.2 Å². The lowest BCUT2D eigenvalue weighted by atomic mass is 9.98. The van der Waals surface area contributed by atoms with E-state index in [1.807, 2.05) is 13.8 Å². The van der Waals surface area contributed by atoms with Crippen molar-refractivity contribution in [1.82, 2.24) is 20.1 Å². The predicted molar refractivity (Wildman–Crippen MR) is 162 cm³/mol. The SMILES string of the molecule is C#C[C@@H]1CN(C(=O)[C@H](CC(C)C)NC(=O)c2ccc(-c3nc(N4CCN(C)CC4)sc3F)cc2)[C@H]2[C@@H]1OCC2(OC)OC. The molecule has 4 heterocycles. The van der Waals surface area contributed by atoms with Crippen molar-refractivity contribution in [2.24, 2.45) is 11.8 Å². The van der Waals surface area contributed by atoms with Gasteiger partial charge in [-0.1, -0.05) is 43.2 Å². The van der Waals surface area contributed by atoms with Gasteiger partial charge in [-0.15, -0.1) is 6.42 Å². The molecule has 0 aliphatic carbocycles. The Morgan fingerprint density at radius 3 is 2.49 bits per heavy atom. The summed E-state index contributed by atoms with van der Waals surface area (Å²) >= 11 is 1.04. The first-order valence-electron chi connectivity index (χ1n) is 14.6. The highest BCUT2D eigenvalue weighted by Gasteiger charge is 2.61. The first-order valence-corrected chi connectivity index (χ1v) is 15.4. The zero-order valence-electron chi connectivity index (χ0n) is 25.3. The van der Waals surface area contributed by atoms with Crippen molar-refractivity contribution >= 4 is 28.3 Å². The van der Waals surface area contributed by atoms with Crippen molar-refractivity contribution in [2.45, 2.75) is 44.2 Å². The van der Waals surface area contributed by atoms with Gasteiger partial charge in [0.2, 0.25) is 16.8 Å². The molecule has 43 heavy (non-hydrogen) atoms. The molecule has 5 rings (SSSR count). The van der Waals surface area contributed by atoms with Crippen LogP contribution in [0.2, 0.25) is 0 Å². The van der Waals surface area contributed by atoms with Crippen LogP contribution in [0.1, 0.15) is 30.6 Å². The molecule has 1 N–H and O–H groups in total. The maximum Gasteiger partial charge on any atom is 0.251 e. The summed E-state index contributed by atoms with van der Waals surface area (Å²) in [5, 5.41) is 3.24. The topological polar surface area (TPSA) is 96.5 Å². The van der Waals surface area contributed by atoms with Crippen LogP contribution in [0.25, 0.3) is 11.3 Å². The maximum atomic E-state index is 14.9. The van der Waals surface area contributed by atoms with E-state index in [1.165, 1.54) is 14.2 Å². The Bertz CT molecular complexity index is 1350. The zero-order chi connectivity index (χ0) is 30.9. The number of piperazine rings is 1. The van der Waals surface area contributed by atoms with Crippen molar-refractivity contribution in [2.75, 3.05) is 65.5 Å². The molecule has 1 aromatic carbocycles. The number of nitrogens with one attached hydrogen (secondary N) is 1. The lowest BCUT2D eigenvalue weighted by molar-refractivity contribution is -0.227. The van der Waals surface area contributed by atoms with E-state index in [2.05, 4.69) is 33.1 Å². The number of ether oxygens (including phenoxy) is 3. The minimum atomic E-state index is -1.15. The van der Waals surface area contributed by atoms with E-state index >= 15 is 0 Å². The highest BCUT2D eigenvalue weighted by atomic mass is 32.1. The number of methoxy groups -OCH3 is 2. The van der Waals surface area contributed by atoms with Gasteiger partial charge >= 0.3 is 0 Å². The van der Waals surface area contributed by atoms with Gasteiger partial charge in [0.25, 0.3) is 5.91 Å². The van der Waals surface area contributed by atoms with E-state index in [0.717, 1.165) is 37.5 Å². The van der Waals surface area contributed by atoms with Crippen molar-refractivity contribution in [3.63, 3.8) is 0 Å². The number of thiazole rings is 1. The molecule has 0 radical (unpaired) electrons. The zero-order valence-corrected chi connectivity index (χ0v) is 26.2. The molecule has 3 saturated heterocycles. The molecule has 1 aromatic heterocycles. The van der Waals surface area contributed by atoms with Crippen molar-refractivity contribution in [3.8, 4) is 23.6 Å². The molecule has 10 nitrogen and oxygen atoms in total. The molecule has 0 unspecified atom stereocenters. The van der Waals surface area contributed by atoms with Crippen LogP contribution in [-0.4, -0.2) is 111 Å². The van der Waals surface area contributed by atoms with Crippen LogP contribution in [0.3, 0.4) is 0 Å². The van der Waals surface area contributed by atoms with Crippen molar-refractivity contribution in [3.05, 3.63) is 35.0 Å². The first kappa shape index (κ1) is 31.3. The predicted octanol–water partition coefficient (Wildman–Crippen LogP) is 2.69. The second-order valence-electron chi connectivity index (χ2n) is 11.8. The largest absolute Gasteiger partial charge is 0.369 e. The summed E-state index contributed by atoms with van der Waals surface area (Å²) < 4.78 is 32.3. The number of aromatic nitrogens is 1. The minimum absolute atomic E-state index is 0.120. The normalized spacial score (nSPS) is 24.2. The molecule has 4 atom stereocenters. The van der Waals surface area contributed by atoms with Gasteiger partial charge in [-0.3, -0.25) is 9.59 Å². The summed E-state index contributed by atoms with van der Waals surface area (Å²) in [6.07, 6.45) is 5.78. The Balaban J connectivity index is 1.31. The average molecular weight is 614 g/mol. The molecular weight excluding hydrogens is 573 g/mol. The Morgan fingerprint density at radius 1 is 1.21 bits per heavy atom. The number of rotatable bonds is 9. The second kappa shape index (κ2) is 12.9. The van der Waals surface area contributed by atoms with Crippen molar-refractivity contribution in [1.29, 1.82) is 0 Å². The van der Waals surface area contributed by atoms with E-state index in [0.29, 0.717) is 22.7 Å². The van der Waals surface area contributed by atoms with E-state index in [-0.39, 0.29) is 41.7 Å². The molecule has 0 bridgehead atoms. The number of carbonyl (C=O) groups excluding carboxylic acids is 2. The number of nitrogens with zero attached hydrogens (tertiary/aromatic N) is 4. The van der Waals surface area contributed by atoms with Gasteiger partial charge in [0.1, 0.15) is 24.4 Å². The Kier molecular flexibility index (Phi) is 9.39. The van der Waals surface area contributed by atoms with Gasteiger partial charge in [-0.05, 0) is 31.5 Å². The molecule has 3 fully saturated rings. The van der Waals surface area contributed by atoms with Crippen LogP contribution in [-0.2, 0) is 19.0 Å². The Morgan fingerprint density at radius 2 is 1.88 bits per heavy atom. The fraction of sp³-hybridized carbons (Fsp3) is 0.581. The number of benzene rings is 1. The lowest BCUT2D eigenvalue weighted by Gasteiger charge is -2.37. The number of amides is 2. The summed E-state index contributed by atoms with van der Waals surface area (Å²) in [6, 6.07) is 5.27. The van der Waals surface area contributed by atoms with Gasteiger partial charge in [0.05, 0.1) is 12.0 Å². The molecular formula is C31H40FN5O5S. The molecule has 3 aliphatic rings. The van der Waals surface area contributed by atoms with E-state index in [4.69, 9.17) is 20.6 Å². The Hall–Kier alpha value is -3.08. The monoisotopic (exact) mass is 613 g/mol. The molecule has 232 valence electrons. The summed E-state index contributed by atoms with van der Waals surface area (Å²) in [5.41, 5.74) is 1.21. The third kappa shape index (κ3) is 6.14. The Labute approximate surface area is 256 Å². The number of hydrogen-bond acceptors (Lipinski definition) is 9. The van der Waals surface area contributed by atoms with Crippen LogP contribution in [0.4, 0.5) is 9.52 Å². The number of carbonyl (C=O) groups is 2. The van der Waals surface area contributed by atoms with Crippen LogP contribution in [0.5, 0.6) is 0 Å². The molecule has 0 spiro atoms. The number of anilines is 1. The first-order chi connectivity index (χ1) is 20.6. The van der Waals surface area contributed by atoms with Crippen LogP contribution in [0.15, 0.2) is 24.3 Å². The van der Waals surface area contributed by atoms with E-state index in [1.54, 1.807) is 29.2 Å². The van der Waals surface area contributed by atoms with Crippen LogP contribution >= 0.6 is 11.3 Å². The molecule has 12 heteroatoms. The highest BCUT2D eigenvalue weighted by Crippen LogP contribution is 2.41. The number of halogens is 1. The summed E-state index contributed by atoms with van der Waals surface area (Å²) in [7, 11) is 5.10. The number of likely N-dealkylation sites (tertiary alicyclic amines) is 1. The summed E-state index contributed by atoms with van der Waals surface area (Å²) in [6.45, 7) is 7.79. The third-order valence-electron chi connectivity index (χ3n) is 8.63. The van der Waals surface area contributed by atoms with E-state index in [9.17, 15) is 14.0 Å². The number of terminal acetylenes is 1. The van der Waals surface area contributed by atoms with Gasteiger partial charge in [-0.2, -0.15) is 4.39 Å². The van der Waals surface area contributed by atoms with Gasteiger partial charge < -0.3 is 34.2 Å². The van der Waals surface area contributed by atoms with E-state index < -0.39 is 29.9 Å².